The Hall–Kier alpha value is -1.59. The lowest BCUT2D eigenvalue weighted by Crippen LogP contribution is -2.30. The van der Waals surface area contributed by atoms with Crippen molar-refractivity contribution in [2.45, 2.75) is 227 Å². The van der Waals surface area contributed by atoms with Crippen LogP contribution in [0.4, 0.5) is 0 Å². The molecule has 0 aromatic rings. The van der Waals surface area contributed by atoms with Crippen LogP contribution in [0.15, 0.2) is 0 Å². The minimum atomic E-state index is -0.759. The number of carbonyl (C=O) groups excluding carboxylic acids is 3. The van der Waals surface area contributed by atoms with E-state index < -0.39 is 6.10 Å². The molecule has 0 aromatic carbocycles. The van der Waals surface area contributed by atoms with E-state index in [2.05, 4.69) is 34.6 Å². The number of unbranched alkanes of at least 4 members (excludes halogenated alkanes) is 21. The smallest absolute Gasteiger partial charge is 0.306 e. The van der Waals surface area contributed by atoms with Crippen molar-refractivity contribution in [2.24, 2.45) is 11.8 Å². The highest BCUT2D eigenvalue weighted by molar-refractivity contribution is 5.71. The second kappa shape index (κ2) is 35.2. The first-order valence-corrected chi connectivity index (χ1v) is 20.7. The monoisotopic (exact) mass is 681 g/mol. The molecular weight excluding hydrogens is 600 g/mol. The Morgan fingerprint density at radius 1 is 0.396 bits per heavy atom. The highest BCUT2D eigenvalue weighted by Crippen LogP contribution is 2.15. The van der Waals surface area contributed by atoms with Crippen LogP contribution in [-0.2, 0) is 28.6 Å². The summed E-state index contributed by atoms with van der Waals surface area (Å²) in [5.41, 5.74) is 0. The van der Waals surface area contributed by atoms with Gasteiger partial charge in [0.2, 0.25) is 0 Å². The van der Waals surface area contributed by atoms with E-state index in [1.165, 1.54) is 109 Å². The number of esters is 3. The van der Waals surface area contributed by atoms with Crippen molar-refractivity contribution in [1.29, 1.82) is 0 Å². The first-order valence-electron chi connectivity index (χ1n) is 20.7. The summed E-state index contributed by atoms with van der Waals surface area (Å²) in [4.78, 5) is 37.5. The molecule has 0 aliphatic carbocycles. The van der Waals surface area contributed by atoms with Crippen LogP contribution in [-0.4, -0.2) is 37.2 Å². The van der Waals surface area contributed by atoms with E-state index >= 15 is 0 Å². The SMILES string of the molecule is CCCCCCCCCCCCC(=O)OC[C@@H](COC(=O)CCCCCCCCCCC(C)C)OC(=O)CCCCCCCCC(C)C. The van der Waals surface area contributed by atoms with Crippen LogP contribution in [0, 0.1) is 11.8 Å². The number of ether oxygens (including phenoxy) is 3. The maximum Gasteiger partial charge on any atom is 0.306 e. The third-order valence-electron chi connectivity index (χ3n) is 9.22. The second-order valence-electron chi connectivity index (χ2n) is 15.2. The van der Waals surface area contributed by atoms with Gasteiger partial charge in [-0.15, -0.1) is 0 Å². The van der Waals surface area contributed by atoms with Gasteiger partial charge in [-0.3, -0.25) is 14.4 Å². The standard InChI is InChI=1S/C42H80O6/c1-6-7-8-9-10-11-12-16-22-27-32-40(43)46-35-39(48-42(45)34-29-24-19-18-21-26-31-38(4)5)36-47-41(44)33-28-23-17-14-13-15-20-25-30-37(2)3/h37-39H,6-36H2,1-5H3/t39-/m0/s1. The predicted molar refractivity (Wildman–Crippen MR) is 201 cm³/mol. The van der Waals surface area contributed by atoms with Gasteiger partial charge in [-0.2, -0.15) is 0 Å². The van der Waals surface area contributed by atoms with Crippen LogP contribution < -0.4 is 0 Å². The average molecular weight is 681 g/mol. The fourth-order valence-electron chi connectivity index (χ4n) is 6.05. The second-order valence-corrected chi connectivity index (χ2v) is 15.2. The van der Waals surface area contributed by atoms with E-state index in [0.29, 0.717) is 19.3 Å². The molecule has 0 radical (unpaired) electrons. The van der Waals surface area contributed by atoms with Gasteiger partial charge >= 0.3 is 17.9 Å². The number of hydrogen-bond acceptors (Lipinski definition) is 6. The zero-order valence-corrected chi connectivity index (χ0v) is 32.6. The molecule has 0 aliphatic rings. The fourth-order valence-corrected chi connectivity index (χ4v) is 6.05. The normalized spacial score (nSPS) is 12.1. The molecule has 0 N–H and O–H groups in total. The summed E-state index contributed by atoms with van der Waals surface area (Å²) in [6.07, 6.45) is 31.0. The van der Waals surface area contributed by atoms with Gasteiger partial charge in [0.1, 0.15) is 13.2 Å². The van der Waals surface area contributed by atoms with Gasteiger partial charge in [0.25, 0.3) is 0 Å². The van der Waals surface area contributed by atoms with E-state index in [9.17, 15) is 14.4 Å². The topological polar surface area (TPSA) is 78.9 Å². The van der Waals surface area contributed by atoms with E-state index in [1.807, 2.05) is 0 Å². The van der Waals surface area contributed by atoms with Crippen LogP contribution >= 0.6 is 0 Å². The zero-order valence-electron chi connectivity index (χ0n) is 32.6. The lowest BCUT2D eigenvalue weighted by Gasteiger charge is -2.18. The third kappa shape index (κ3) is 35.7. The maximum absolute atomic E-state index is 12.6. The summed E-state index contributed by atoms with van der Waals surface area (Å²) < 4.78 is 16.6. The summed E-state index contributed by atoms with van der Waals surface area (Å²) in [6.45, 7) is 11.2. The molecule has 6 heteroatoms. The first-order chi connectivity index (χ1) is 23.2. The molecule has 0 unspecified atom stereocenters. The Bertz CT molecular complexity index is 734. The van der Waals surface area contributed by atoms with E-state index in [1.54, 1.807) is 0 Å². The molecule has 0 spiro atoms. The molecule has 48 heavy (non-hydrogen) atoms. The van der Waals surface area contributed by atoms with E-state index in [-0.39, 0.29) is 31.1 Å². The van der Waals surface area contributed by atoms with Gasteiger partial charge in [0, 0.05) is 19.3 Å². The van der Waals surface area contributed by atoms with E-state index in [4.69, 9.17) is 14.2 Å². The zero-order chi connectivity index (χ0) is 35.5. The van der Waals surface area contributed by atoms with Crippen molar-refractivity contribution < 1.29 is 28.6 Å². The van der Waals surface area contributed by atoms with Crippen LogP contribution in [0.1, 0.15) is 221 Å². The van der Waals surface area contributed by atoms with Gasteiger partial charge in [-0.25, -0.2) is 0 Å². The molecule has 0 rings (SSSR count). The molecule has 0 heterocycles. The van der Waals surface area contributed by atoms with Gasteiger partial charge in [0.05, 0.1) is 0 Å². The van der Waals surface area contributed by atoms with Crippen molar-refractivity contribution in [3.8, 4) is 0 Å². The van der Waals surface area contributed by atoms with Crippen molar-refractivity contribution >= 4 is 17.9 Å². The van der Waals surface area contributed by atoms with Gasteiger partial charge < -0.3 is 14.2 Å². The molecule has 0 bridgehead atoms. The molecule has 0 saturated carbocycles. The molecule has 0 fully saturated rings. The number of rotatable bonds is 36. The Morgan fingerprint density at radius 2 is 0.688 bits per heavy atom. The lowest BCUT2D eigenvalue weighted by molar-refractivity contribution is -0.167. The minimum Gasteiger partial charge on any atom is -0.462 e. The van der Waals surface area contributed by atoms with Crippen molar-refractivity contribution in [3.63, 3.8) is 0 Å². The number of hydrogen-bond donors (Lipinski definition) is 0. The molecule has 0 amide bonds. The largest absolute Gasteiger partial charge is 0.462 e. The highest BCUT2D eigenvalue weighted by Gasteiger charge is 2.19. The van der Waals surface area contributed by atoms with Crippen molar-refractivity contribution in [1.82, 2.24) is 0 Å². The molecule has 0 aromatic heterocycles. The highest BCUT2D eigenvalue weighted by atomic mass is 16.6. The Kier molecular flexibility index (Phi) is 34.1. The molecule has 1 atom stereocenters. The summed E-state index contributed by atoms with van der Waals surface area (Å²) in [5.74, 6) is 0.685. The first kappa shape index (κ1) is 46.4. The Morgan fingerprint density at radius 3 is 1.02 bits per heavy atom. The molecule has 0 aliphatic heterocycles. The summed E-state index contributed by atoms with van der Waals surface area (Å²) in [6, 6.07) is 0. The third-order valence-corrected chi connectivity index (χ3v) is 9.22. The Balaban J connectivity index is 4.35. The fraction of sp³-hybridized carbons (Fsp3) is 0.929. The minimum absolute atomic E-state index is 0.0668. The summed E-state index contributed by atoms with van der Waals surface area (Å²) >= 11 is 0. The quantitative estimate of drug-likeness (QED) is 0.0372. The lowest BCUT2D eigenvalue weighted by atomic mass is 10.0. The number of carbonyl (C=O) groups is 3. The van der Waals surface area contributed by atoms with Crippen LogP contribution in [0.2, 0.25) is 0 Å². The van der Waals surface area contributed by atoms with E-state index in [0.717, 1.165) is 69.6 Å². The van der Waals surface area contributed by atoms with Crippen molar-refractivity contribution in [3.05, 3.63) is 0 Å². The molecular formula is C42H80O6. The Labute approximate surface area is 298 Å². The molecule has 0 saturated heterocycles. The summed E-state index contributed by atoms with van der Waals surface area (Å²) in [5, 5.41) is 0. The molecule has 284 valence electrons. The average Bonchev–Trinajstić information content (AvgIpc) is 3.05. The van der Waals surface area contributed by atoms with Gasteiger partial charge in [-0.1, -0.05) is 182 Å². The van der Waals surface area contributed by atoms with Crippen LogP contribution in [0.3, 0.4) is 0 Å². The van der Waals surface area contributed by atoms with Crippen molar-refractivity contribution in [2.75, 3.05) is 13.2 Å². The van der Waals surface area contributed by atoms with Gasteiger partial charge in [-0.05, 0) is 31.1 Å². The maximum atomic E-state index is 12.6. The van der Waals surface area contributed by atoms with Crippen LogP contribution in [0.25, 0.3) is 0 Å². The molecule has 6 nitrogen and oxygen atoms in total. The predicted octanol–water partition coefficient (Wildman–Crippen LogP) is 12.6. The van der Waals surface area contributed by atoms with Crippen LogP contribution in [0.5, 0.6) is 0 Å². The van der Waals surface area contributed by atoms with Gasteiger partial charge in [0.15, 0.2) is 6.10 Å². The summed E-state index contributed by atoms with van der Waals surface area (Å²) in [7, 11) is 0.